The number of likely N-dealkylation sites (tertiary alicyclic amines) is 1. The normalized spacial score (nSPS) is 23.2. The van der Waals surface area contributed by atoms with Gasteiger partial charge in [-0.05, 0) is 37.1 Å². The largest absolute Gasteiger partial charge is 0.491 e. The van der Waals surface area contributed by atoms with Gasteiger partial charge in [0, 0.05) is 10.9 Å². The molecule has 0 aliphatic carbocycles. The molecule has 0 spiro atoms. The minimum absolute atomic E-state index is 0.377. The first-order chi connectivity index (χ1) is 10.6. The molecule has 1 heterocycles. The summed E-state index contributed by atoms with van der Waals surface area (Å²) in [5, 5.41) is 10.7. The Labute approximate surface area is 138 Å². The van der Waals surface area contributed by atoms with Gasteiger partial charge in [-0.2, -0.15) is 0 Å². The van der Waals surface area contributed by atoms with Gasteiger partial charge in [-0.25, -0.2) is 0 Å². The van der Waals surface area contributed by atoms with Gasteiger partial charge in [-0.15, -0.1) is 0 Å². The van der Waals surface area contributed by atoms with Crippen molar-refractivity contribution in [2.24, 2.45) is 5.92 Å². The minimum Gasteiger partial charge on any atom is -0.491 e. The average Bonchev–Trinajstić information content (AvgIpc) is 2.49. The van der Waals surface area contributed by atoms with Crippen LogP contribution in [0.25, 0.3) is 0 Å². The van der Waals surface area contributed by atoms with Gasteiger partial charge in [0.2, 0.25) is 0 Å². The summed E-state index contributed by atoms with van der Waals surface area (Å²) in [7, 11) is 0. The summed E-state index contributed by atoms with van der Waals surface area (Å²) in [6, 6.07) is 7.25. The lowest BCUT2D eigenvalue weighted by atomic mass is 10.0. The second-order valence-electron chi connectivity index (χ2n) is 6.19. The zero-order valence-electron chi connectivity index (χ0n) is 13.3. The van der Waals surface area contributed by atoms with Crippen LogP contribution in [-0.4, -0.2) is 50.7 Å². The lowest BCUT2D eigenvalue weighted by molar-refractivity contribution is -0.911. The molecule has 0 radical (unpaired) electrons. The Morgan fingerprint density at radius 2 is 2.09 bits per heavy atom. The fourth-order valence-corrected chi connectivity index (χ4v) is 3.07. The molecule has 2 N–H and O–H groups in total. The highest BCUT2D eigenvalue weighted by Crippen LogP contribution is 2.15. The molecule has 5 heteroatoms. The number of quaternary nitrogens is 1. The van der Waals surface area contributed by atoms with E-state index in [9.17, 15) is 5.11 Å². The van der Waals surface area contributed by atoms with Crippen LogP contribution < -0.4 is 9.64 Å². The Bertz CT molecular complexity index is 426. The number of piperidine rings is 1. The van der Waals surface area contributed by atoms with Gasteiger partial charge in [0.25, 0.3) is 0 Å². The van der Waals surface area contributed by atoms with Crippen LogP contribution in [0.1, 0.15) is 19.8 Å². The minimum atomic E-state index is -0.393. The molecule has 1 aromatic rings. The molecule has 4 nitrogen and oxygen atoms in total. The number of hydrogen-bond donors (Lipinski definition) is 2. The van der Waals surface area contributed by atoms with Crippen LogP contribution in [0.2, 0.25) is 5.02 Å². The summed E-state index contributed by atoms with van der Waals surface area (Å²) in [5.41, 5.74) is 0. The topological polar surface area (TPSA) is 43.1 Å². The fourth-order valence-electron chi connectivity index (χ4n) is 2.94. The van der Waals surface area contributed by atoms with E-state index in [0.29, 0.717) is 24.8 Å². The van der Waals surface area contributed by atoms with E-state index in [2.05, 4.69) is 6.92 Å². The lowest BCUT2D eigenvalue weighted by Gasteiger charge is -2.29. The maximum absolute atomic E-state index is 10.0. The molecule has 0 saturated carbocycles. The molecule has 2 rings (SSSR count). The number of ether oxygens (including phenoxy) is 2. The van der Waals surface area contributed by atoms with Crippen molar-refractivity contribution in [3.8, 4) is 5.75 Å². The lowest BCUT2D eigenvalue weighted by Crippen LogP contribution is -3.14. The Hall–Kier alpha value is -0.810. The smallest absolute Gasteiger partial charge is 0.126 e. The number of rotatable bonds is 8. The third kappa shape index (κ3) is 6.53. The molecule has 0 aromatic heterocycles. The Kier molecular flexibility index (Phi) is 7.46. The fraction of sp³-hybridized carbons (Fsp3) is 0.647. The quantitative estimate of drug-likeness (QED) is 0.709. The maximum atomic E-state index is 10.0. The molecule has 124 valence electrons. The van der Waals surface area contributed by atoms with Crippen molar-refractivity contribution in [3.05, 3.63) is 29.3 Å². The van der Waals surface area contributed by atoms with Crippen LogP contribution in [-0.2, 0) is 4.74 Å². The predicted octanol–water partition coefficient (Wildman–Crippen LogP) is 1.41. The van der Waals surface area contributed by atoms with Crippen molar-refractivity contribution in [2.45, 2.75) is 25.9 Å². The van der Waals surface area contributed by atoms with E-state index in [1.807, 2.05) is 12.1 Å². The standard InChI is InChI=1S/C17H26ClNO3/c1-14-3-2-8-19(11-14)12-16(20)13-21-9-10-22-17-6-4-15(18)5-7-17/h4-7,14,16,20H,2-3,8-13H2,1H3/p+1/t14-,16-/m0/s1. The molecule has 1 saturated heterocycles. The van der Waals surface area contributed by atoms with Crippen LogP contribution in [0.3, 0.4) is 0 Å². The molecule has 1 aliphatic heterocycles. The van der Waals surface area contributed by atoms with Crippen molar-refractivity contribution in [1.82, 2.24) is 0 Å². The van der Waals surface area contributed by atoms with Gasteiger partial charge >= 0.3 is 0 Å². The summed E-state index contributed by atoms with van der Waals surface area (Å²) in [4.78, 5) is 1.49. The first kappa shape index (κ1) is 17.5. The summed E-state index contributed by atoms with van der Waals surface area (Å²) >= 11 is 5.81. The van der Waals surface area contributed by atoms with E-state index in [0.717, 1.165) is 24.8 Å². The summed E-state index contributed by atoms with van der Waals surface area (Å²) in [5.74, 6) is 1.55. The SMILES string of the molecule is C[C@H]1CCC[NH+](C[C@H](O)COCCOc2ccc(Cl)cc2)C1. The van der Waals surface area contributed by atoms with E-state index in [4.69, 9.17) is 21.1 Å². The Morgan fingerprint density at radius 1 is 1.32 bits per heavy atom. The van der Waals surface area contributed by atoms with Crippen LogP contribution in [0, 0.1) is 5.92 Å². The monoisotopic (exact) mass is 328 g/mol. The molecule has 1 unspecified atom stereocenters. The van der Waals surface area contributed by atoms with Gasteiger partial charge in [-0.3, -0.25) is 0 Å². The highest BCUT2D eigenvalue weighted by molar-refractivity contribution is 6.30. The maximum Gasteiger partial charge on any atom is 0.126 e. The summed E-state index contributed by atoms with van der Waals surface area (Å²) in [6.45, 7) is 6.73. The first-order valence-corrected chi connectivity index (χ1v) is 8.49. The summed E-state index contributed by atoms with van der Waals surface area (Å²) in [6.07, 6.45) is 2.19. The number of aliphatic hydroxyl groups is 1. The number of aliphatic hydroxyl groups excluding tert-OH is 1. The Balaban J connectivity index is 1.53. The molecular weight excluding hydrogens is 302 g/mol. The van der Waals surface area contributed by atoms with Crippen molar-refractivity contribution < 1.29 is 19.5 Å². The van der Waals surface area contributed by atoms with Gasteiger partial charge < -0.3 is 19.5 Å². The van der Waals surface area contributed by atoms with E-state index in [1.54, 1.807) is 12.1 Å². The van der Waals surface area contributed by atoms with E-state index < -0.39 is 6.10 Å². The number of halogens is 1. The molecule has 0 amide bonds. The third-order valence-electron chi connectivity index (χ3n) is 4.01. The van der Waals surface area contributed by atoms with Crippen molar-refractivity contribution in [1.29, 1.82) is 0 Å². The van der Waals surface area contributed by atoms with Crippen LogP contribution in [0.15, 0.2) is 24.3 Å². The van der Waals surface area contributed by atoms with E-state index in [-0.39, 0.29) is 0 Å². The highest BCUT2D eigenvalue weighted by Gasteiger charge is 2.22. The molecule has 0 bridgehead atoms. The van der Waals surface area contributed by atoms with E-state index >= 15 is 0 Å². The van der Waals surface area contributed by atoms with E-state index in [1.165, 1.54) is 24.3 Å². The summed E-state index contributed by atoms with van der Waals surface area (Å²) < 4.78 is 11.0. The van der Waals surface area contributed by atoms with Gasteiger partial charge in [0.1, 0.15) is 25.0 Å². The van der Waals surface area contributed by atoms with Gasteiger partial charge in [-0.1, -0.05) is 18.5 Å². The first-order valence-electron chi connectivity index (χ1n) is 8.11. The van der Waals surface area contributed by atoms with Crippen molar-refractivity contribution >= 4 is 11.6 Å². The molecule has 1 fully saturated rings. The number of nitrogens with one attached hydrogen (secondary N) is 1. The second-order valence-corrected chi connectivity index (χ2v) is 6.62. The van der Waals surface area contributed by atoms with Gasteiger partial charge in [0.05, 0.1) is 26.3 Å². The third-order valence-corrected chi connectivity index (χ3v) is 4.26. The van der Waals surface area contributed by atoms with Crippen LogP contribution >= 0.6 is 11.6 Å². The van der Waals surface area contributed by atoms with Crippen molar-refractivity contribution in [2.75, 3.05) is 39.5 Å². The zero-order valence-corrected chi connectivity index (χ0v) is 14.0. The number of hydrogen-bond acceptors (Lipinski definition) is 3. The number of benzene rings is 1. The average molecular weight is 329 g/mol. The van der Waals surface area contributed by atoms with Crippen LogP contribution in [0.4, 0.5) is 0 Å². The zero-order chi connectivity index (χ0) is 15.8. The van der Waals surface area contributed by atoms with Crippen LogP contribution in [0.5, 0.6) is 5.75 Å². The van der Waals surface area contributed by atoms with Gasteiger partial charge in [0.15, 0.2) is 0 Å². The molecule has 1 aliphatic rings. The highest BCUT2D eigenvalue weighted by atomic mass is 35.5. The predicted molar refractivity (Wildman–Crippen MR) is 87.7 cm³/mol. The Morgan fingerprint density at radius 3 is 2.82 bits per heavy atom. The second kappa shape index (κ2) is 9.36. The molecule has 22 heavy (non-hydrogen) atoms. The molecular formula is C17H27ClNO3+. The molecule has 1 aromatic carbocycles. The van der Waals surface area contributed by atoms with Crippen molar-refractivity contribution in [3.63, 3.8) is 0 Å². The molecule has 3 atom stereocenters.